The number of rotatable bonds is 4. The first-order valence-electron chi connectivity index (χ1n) is 4.55. The van der Waals surface area contributed by atoms with Crippen LogP contribution in [0.5, 0.6) is 11.5 Å². The van der Waals surface area contributed by atoms with E-state index in [1.807, 2.05) is 19.1 Å². The van der Waals surface area contributed by atoms with Crippen LogP contribution in [0.3, 0.4) is 0 Å². The minimum absolute atomic E-state index is 0.782. The van der Waals surface area contributed by atoms with Crippen molar-refractivity contribution in [2.24, 2.45) is 0 Å². The fraction of sp³-hybridized carbons (Fsp3) is 0.333. The number of methoxy groups -OCH3 is 2. The third-order valence-corrected chi connectivity index (χ3v) is 2.10. The molecule has 2 heteroatoms. The number of ether oxygens (including phenoxy) is 2. The zero-order valence-electron chi connectivity index (χ0n) is 8.96. The molecule has 0 saturated heterocycles. The standard InChI is InChI=1S/C12H16O2/c1-5-6-10-7-9(2)12(14-4)11(8-10)13-3/h5,7-8H,1,6H2,2-4H3. The Balaban J connectivity index is 3.16. The van der Waals surface area contributed by atoms with Gasteiger partial charge in [0.1, 0.15) is 0 Å². The zero-order valence-corrected chi connectivity index (χ0v) is 8.96. The van der Waals surface area contributed by atoms with E-state index in [1.165, 1.54) is 5.56 Å². The van der Waals surface area contributed by atoms with Gasteiger partial charge in [-0.2, -0.15) is 0 Å². The van der Waals surface area contributed by atoms with Crippen molar-refractivity contribution in [3.63, 3.8) is 0 Å². The van der Waals surface area contributed by atoms with E-state index < -0.39 is 0 Å². The fourth-order valence-electron chi connectivity index (χ4n) is 1.51. The lowest BCUT2D eigenvalue weighted by Crippen LogP contribution is -1.95. The van der Waals surface area contributed by atoms with Crippen LogP contribution in [0.2, 0.25) is 0 Å². The van der Waals surface area contributed by atoms with Gasteiger partial charge in [-0.25, -0.2) is 0 Å². The number of aryl methyl sites for hydroxylation is 1. The minimum atomic E-state index is 0.782. The van der Waals surface area contributed by atoms with Crippen LogP contribution in [-0.4, -0.2) is 14.2 Å². The Morgan fingerprint density at radius 1 is 1.29 bits per heavy atom. The van der Waals surface area contributed by atoms with Gasteiger partial charge in [0, 0.05) is 0 Å². The number of hydrogen-bond donors (Lipinski definition) is 0. The van der Waals surface area contributed by atoms with Gasteiger partial charge in [-0.3, -0.25) is 0 Å². The summed E-state index contributed by atoms with van der Waals surface area (Å²) < 4.78 is 10.5. The van der Waals surface area contributed by atoms with Gasteiger partial charge in [-0.05, 0) is 30.5 Å². The van der Waals surface area contributed by atoms with E-state index in [9.17, 15) is 0 Å². The van der Waals surface area contributed by atoms with Gasteiger partial charge >= 0.3 is 0 Å². The molecule has 1 aromatic carbocycles. The highest BCUT2D eigenvalue weighted by atomic mass is 16.5. The quantitative estimate of drug-likeness (QED) is 0.683. The number of benzene rings is 1. The molecule has 0 N–H and O–H groups in total. The van der Waals surface area contributed by atoms with E-state index in [0.29, 0.717) is 0 Å². The highest BCUT2D eigenvalue weighted by molar-refractivity contribution is 5.49. The first kappa shape index (κ1) is 10.6. The Hall–Kier alpha value is -1.44. The van der Waals surface area contributed by atoms with Gasteiger partial charge in [0.05, 0.1) is 14.2 Å². The largest absolute Gasteiger partial charge is 0.493 e. The Bertz CT molecular complexity index is 329. The van der Waals surface area contributed by atoms with Gasteiger partial charge in [0.15, 0.2) is 11.5 Å². The van der Waals surface area contributed by atoms with Crippen molar-refractivity contribution in [2.45, 2.75) is 13.3 Å². The molecular formula is C12H16O2. The van der Waals surface area contributed by atoms with Gasteiger partial charge < -0.3 is 9.47 Å². The molecule has 0 saturated carbocycles. The van der Waals surface area contributed by atoms with E-state index >= 15 is 0 Å². The minimum Gasteiger partial charge on any atom is -0.493 e. The second-order valence-electron chi connectivity index (χ2n) is 3.14. The smallest absolute Gasteiger partial charge is 0.163 e. The van der Waals surface area contributed by atoms with Crippen molar-refractivity contribution < 1.29 is 9.47 Å². The Morgan fingerprint density at radius 2 is 2.00 bits per heavy atom. The SMILES string of the molecule is C=CCc1cc(C)c(OC)c(OC)c1. The van der Waals surface area contributed by atoms with Crippen LogP contribution in [0.25, 0.3) is 0 Å². The van der Waals surface area contributed by atoms with E-state index in [0.717, 1.165) is 23.5 Å². The molecule has 0 amide bonds. The second kappa shape index (κ2) is 4.70. The lowest BCUT2D eigenvalue weighted by molar-refractivity contribution is 0.352. The van der Waals surface area contributed by atoms with Crippen molar-refractivity contribution in [3.05, 3.63) is 35.9 Å². The van der Waals surface area contributed by atoms with Gasteiger partial charge in [0.2, 0.25) is 0 Å². The molecule has 0 fully saturated rings. The Labute approximate surface area is 85.2 Å². The molecule has 0 aliphatic rings. The second-order valence-corrected chi connectivity index (χ2v) is 3.14. The van der Waals surface area contributed by atoms with Gasteiger partial charge in [0.25, 0.3) is 0 Å². The molecule has 1 rings (SSSR count). The van der Waals surface area contributed by atoms with Gasteiger partial charge in [-0.15, -0.1) is 6.58 Å². The first-order chi connectivity index (χ1) is 6.72. The van der Waals surface area contributed by atoms with Crippen LogP contribution < -0.4 is 9.47 Å². The molecule has 0 spiro atoms. The molecule has 76 valence electrons. The highest BCUT2D eigenvalue weighted by Crippen LogP contribution is 2.32. The molecule has 0 bridgehead atoms. The summed E-state index contributed by atoms with van der Waals surface area (Å²) in [6.45, 7) is 5.72. The molecule has 0 radical (unpaired) electrons. The van der Waals surface area contributed by atoms with E-state index in [-0.39, 0.29) is 0 Å². The zero-order chi connectivity index (χ0) is 10.6. The van der Waals surface area contributed by atoms with Crippen LogP contribution >= 0.6 is 0 Å². The van der Waals surface area contributed by atoms with Crippen LogP contribution in [0.1, 0.15) is 11.1 Å². The van der Waals surface area contributed by atoms with Crippen molar-refractivity contribution in [3.8, 4) is 11.5 Å². The average molecular weight is 192 g/mol. The fourth-order valence-corrected chi connectivity index (χ4v) is 1.51. The topological polar surface area (TPSA) is 18.5 Å². The molecule has 2 nitrogen and oxygen atoms in total. The van der Waals surface area contributed by atoms with E-state index in [1.54, 1.807) is 14.2 Å². The predicted molar refractivity (Wildman–Crippen MR) is 58.2 cm³/mol. The Morgan fingerprint density at radius 3 is 2.50 bits per heavy atom. The van der Waals surface area contributed by atoms with Crippen LogP contribution in [0.4, 0.5) is 0 Å². The summed E-state index contributed by atoms with van der Waals surface area (Å²) in [5.74, 6) is 1.59. The summed E-state index contributed by atoms with van der Waals surface area (Å²) in [7, 11) is 3.30. The monoisotopic (exact) mass is 192 g/mol. The summed E-state index contributed by atoms with van der Waals surface area (Å²) in [4.78, 5) is 0. The highest BCUT2D eigenvalue weighted by Gasteiger charge is 2.07. The number of hydrogen-bond acceptors (Lipinski definition) is 2. The van der Waals surface area contributed by atoms with Crippen molar-refractivity contribution >= 4 is 0 Å². The van der Waals surface area contributed by atoms with Crippen LogP contribution in [0, 0.1) is 6.92 Å². The molecule has 0 aromatic heterocycles. The first-order valence-corrected chi connectivity index (χ1v) is 4.55. The summed E-state index contributed by atoms with van der Waals surface area (Å²) in [5.41, 5.74) is 2.28. The van der Waals surface area contributed by atoms with Crippen LogP contribution in [0.15, 0.2) is 24.8 Å². The third kappa shape index (κ3) is 2.08. The van der Waals surface area contributed by atoms with Crippen LogP contribution in [-0.2, 0) is 6.42 Å². The Kier molecular flexibility index (Phi) is 3.57. The molecule has 0 atom stereocenters. The molecular weight excluding hydrogens is 176 g/mol. The van der Waals surface area contributed by atoms with E-state index in [4.69, 9.17) is 9.47 Å². The normalized spacial score (nSPS) is 9.64. The molecule has 0 aliphatic heterocycles. The summed E-state index contributed by atoms with van der Waals surface area (Å²) in [5, 5.41) is 0. The summed E-state index contributed by atoms with van der Waals surface area (Å²) in [6.07, 6.45) is 2.72. The van der Waals surface area contributed by atoms with Crippen molar-refractivity contribution in [1.29, 1.82) is 0 Å². The third-order valence-electron chi connectivity index (χ3n) is 2.10. The van der Waals surface area contributed by atoms with E-state index in [2.05, 4.69) is 12.6 Å². The lowest BCUT2D eigenvalue weighted by Gasteiger charge is -2.11. The van der Waals surface area contributed by atoms with Crippen molar-refractivity contribution in [2.75, 3.05) is 14.2 Å². The maximum Gasteiger partial charge on any atom is 0.163 e. The molecule has 0 unspecified atom stereocenters. The molecule has 0 aliphatic carbocycles. The average Bonchev–Trinajstić information content (AvgIpc) is 2.17. The lowest BCUT2D eigenvalue weighted by atomic mass is 10.1. The summed E-state index contributed by atoms with van der Waals surface area (Å²) >= 11 is 0. The predicted octanol–water partition coefficient (Wildman–Crippen LogP) is 2.74. The maximum absolute atomic E-state index is 5.25. The van der Waals surface area contributed by atoms with Gasteiger partial charge in [-0.1, -0.05) is 12.1 Å². The maximum atomic E-state index is 5.25. The molecule has 0 heterocycles. The number of allylic oxidation sites excluding steroid dienone is 1. The van der Waals surface area contributed by atoms with Crippen molar-refractivity contribution in [1.82, 2.24) is 0 Å². The molecule has 14 heavy (non-hydrogen) atoms. The summed E-state index contributed by atoms with van der Waals surface area (Å²) in [6, 6.07) is 4.07. The molecule has 1 aromatic rings.